The van der Waals surface area contributed by atoms with Gasteiger partial charge in [0.05, 0.1) is 12.0 Å². The zero-order chi connectivity index (χ0) is 10.1. The second-order valence-electron chi connectivity index (χ2n) is 3.07. The van der Waals surface area contributed by atoms with Crippen molar-refractivity contribution in [3.63, 3.8) is 0 Å². The lowest BCUT2D eigenvalue weighted by molar-refractivity contribution is 0.327. The van der Waals surface area contributed by atoms with Crippen molar-refractivity contribution in [1.82, 2.24) is 0 Å². The zero-order valence-electron chi connectivity index (χ0n) is 7.36. The molecule has 1 aliphatic rings. The van der Waals surface area contributed by atoms with Gasteiger partial charge in [0, 0.05) is 0 Å². The Balaban J connectivity index is 2.94. The topological polar surface area (TPSA) is 46.5 Å². The first-order valence-electron chi connectivity index (χ1n) is 3.66. The smallest absolute Gasteiger partial charge is 0.235 e. The van der Waals surface area contributed by atoms with Crippen molar-refractivity contribution >= 4 is 15.7 Å². The fourth-order valence-electron chi connectivity index (χ4n) is 0.860. The van der Waals surface area contributed by atoms with Crippen LogP contribution >= 0.6 is 0 Å². The summed E-state index contributed by atoms with van der Waals surface area (Å²) < 4.78 is 37.9. The Morgan fingerprint density at radius 3 is 2.23 bits per heavy atom. The van der Waals surface area contributed by atoms with Crippen molar-refractivity contribution in [3.8, 4) is 0 Å². The molecule has 1 aliphatic carbocycles. The van der Waals surface area contributed by atoms with Gasteiger partial charge < -0.3 is 0 Å². The monoisotopic (exact) mass is 203 g/mol. The Bertz CT molecular complexity index is 372. The first-order valence-corrected chi connectivity index (χ1v) is 5.51. The Morgan fingerprint density at radius 1 is 1.38 bits per heavy atom. The van der Waals surface area contributed by atoms with Gasteiger partial charge in [0.25, 0.3) is 10.0 Å². The standard InChI is InChI=1S/C8H10FNO2S/c1-8(9)5-3-7(4-6-8)10-13(2,11)12/h3-6H,1-2H3. The summed E-state index contributed by atoms with van der Waals surface area (Å²) >= 11 is 0. The number of hydrogen-bond donors (Lipinski definition) is 0. The van der Waals surface area contributed by atoms with Crippen LogP contribution < -0.4 is 0 Å². The van der Waals surface area contributed by atoms with Gasteiger partial charge >= 0.3 is 0 Å². The molecule has 0 spiro atoms. The SMILES string of the molecule is CC1(F)C=CC(=NS(C)(=O)=O)C=C1. The molecule has 13 heavy (non-hydrogen) atoms. The molecule has 0 amide bonds. The molecule has 0 bridgehead atoms. The highest BCUT2D eigenvalue weighted by atomic mass is 32.2. The predicted molar refractivity (Wildman–Crippen MR) is 50.1 cm³/mol. The molecular formula is C8H10FNO2S. The average Bonchev–Trinajstić information content (AvgIpc) is 1.91. The van der Waals surface area contributed by atoms with Crippen molar-refractivity contribution in [2.75, 3.05) is 6.26 Å². The first-order chi connectivity index (χ1) is 5.79. The summed E-state index contributed by atoms with van der Waals surface area (Å²) in [5.41, 5.74) is -1.26. The highest BCUT2D eigenvalue weighted by Gasteiger charge is 2.18. The van der Waals surface area contributed by atoms with Crippen molar-refractivity contribution in [2.45, 2.75) is 12.6 Å². The van der Waals surface area contributed by atoms with E-state index in [0.717, 1.165) is 6.26 Å². The van der Waals surface area contributed by atoms with Gasteiger partial charge in [-0.05, 0) is 31.2 Å². The van der Waals surface area contributed by atoms with E-state index in [1.807, 2.05) is 0 Å². The largest absolute Gasteiger partial charge is 0.250 e. The maximum absolute atomic E-state index is 13.1. The molecule has 72 valence electrons. The number of nitrogens with zero attached hydrogens (tertiary/aromatic N) is 1. The third kappa shape index (κ3) is 3.50. The molecule has 0 aliphatic heterocycles. The Labute approximate surface area is 76.7 Å². The van der Waals surface area contributed by atoms with Crippen molar-refractivity contribution < 1.29 is 12.8 Å². The van der Waals surface area contributed by atoms with Crippen LogP contribution in [-0.4, -0.2) is 26.1 Å². The molecule has 0 heterocycles. The second kappa shape index (κ2) is 3.06. The van der Waals surface area contributed by atoms with Crippen LogP contribution in [0.5, 0.6) is 0 Å². The maximum atomic E-state index is 13.1. The van der Waals surface area contributed by atoms with Crippen LogP contribution in [0.4, 0.5) is 4.39 Å². The van der Waals surface area contributed by atoms with Crippen LogP contribution in [0, 0.1) is 0 Å². The third-order valence-corrected chi connectivity index (χ3v) is 1.97. The van der Waals surface area contributed by atoms with Crippen molar-refractivity contribution in [1.29, 1.82) is 0 Å². The molecule has 0 N–H and O–H groups in total. The van der Waals surface area contributed by atoms with Gasteiger partial charge in [-0.15, -0.1) is 0 Å². The van der Waals surface area contributed by atoms with Gasteiger partial charge in [-0.1, -0.05) is 0 Å². The van der Waals surface area contributed by atoms with Crippen LogP contribution in [0.2, 0.25) is 0 Å². The fourth-order valence-corrected chi connectivity index (χ4v) is 1.36. The normalized spacial score (nSPS) is 27.8. The number of halogens is 1. The summed E-state index contributed by atoms with van der Waals surface area (Å²) in [5.74, 6) is 0. The highest BCUT2D eigenvalue weighted by molar-refractivity contribution is 7.89. The lowest BCUT2D eigenvalue weighted by Crippen LogP contribution is -2.15. The van der Waals surface area contributed by atoms with E-state index in [2.05, 4.69) is 4.40 Å². The van der Waals surface area contributed by atoms with Crippen LogP contribution in [-0.2, 0) is 10.0 Å². The first kappa shape index (κ1) is 10.1. The quantitative estimate of drug-likeness (QED) is 0.643. The summed E-state index contributed by atoms with van der Waals surface area (Å²) in [4.78, 5) is 0. The number of alkyl halides is 1. The van der Waals surface area contributed by atoms with E-state index >= 15 is 0 Å². The van der Waals surface area contributed by atoms with Gasteiger partial charge in [0.15, 0.2) is 0 Å². The fraction of sp³-hybridized carbons (Fsp3) is 0.375. The van der Waals surface area contributed by atoms with Crippen LogP contribution in [0.1, 0.15) is 6.92 Å². The molecule has 0 radical (unpaired) electrons. The van der Waals surface area contributed by atoms with Gasteiger partial charge in [-0.25, -0.2) is 12.8 Å². The average molecular weight is 203 g/mol. The van der Waals surface area contributed by atoms with Gasteiger partial charge in [0.2, 0.25) is 0 Å². The van der Waals surface area contributed by atoms with Gasteiger partial charge in [-0.3, -0.25) is 0 Å². The molecule has 0 aromatic rings. The minimum absolute atomic E-state index is 0.248. The maximum Gasteiger partial charge on any atom is 0.250 e. The summed E-state index contributed by atoms with van der Waals surface area (Å²) in [6.45, 7) is 1.37. The minimum atomic E-state index is -3.40. The van der Waals surface area contributed by atoms with E-state index in [9.17, 15) is 12.8 Å². The zero-order valence-corrected chi connectivity index (χ0v) is 8.18. The van der Waals surface area contributed by atoms with Crippen LogP contribution in [0.15, 0.2) is 28.7 Å². The van der Waals surface area contributed by atoms with Crippen LogP contribution in [0.3, 0.4) is 0 Å². The Kier molecular flexibility index (Phi) is 2.38. The lowest BCUT2D eigenvalue weighted by atomic mass is 10.0. The lowest BCUT2D eigenvalue weighted by Gasteiger charge is -2.13. The Hall–Kier alpha value is -0.970. The predicted octanol–water partition coefficient (Wildman–Crippen LogP) is 1.24. The number of sulfonamides is 1. The van der Waals surface area contributed by atoms with Gasteiger partial charge in [-0.2, -0.15) is 4.40 Å². The number of hydrogen-bond acceptors (Lipinski definition) is 2. The van der Waals surface area contributed by atoms with E-state index in [1.165, 1.54) is 31.2 Å². The molecule has 3 nitrogen and oxygen atoms in total. The van der Waals surface area contributed by atoms with E-state index in [0.29, 0.717) is 0 Å². The Morgan fingerprint density at radius 2 is 1.85 bits per heavy atom. The molecule has 0 unspecified atom stereocenters. The molecule has 0 atom stereocenters. The molecule has 0 saturated carbocycles. The number of allylic oxidation sites excluding steroid dienone is 4. The van der Waals surface area contributed by atoms with E-state index in [-0.39, 0.29) is 5.71 Å². The molecule has 1 rings (SSSR count). The molecule has 0 fully saturated rings. The molecule has 0 saturated heterocycles. The van der Waals surface area contributed by atoms with Gasteiger partial charge in [0.1, 0.15) is 5.67 Å². The van der Waals surface area contributed by atoms with Crippen molar-refractivity contribution in [3.05, 3.63) is 24.3 Å². The van der Waals surface area contributed by atoms with Crippen molar-refractivity contribution in [2.24, 2.45) is 4.40 Å². The second-order valence-corrected chi connectivity index (χ2v) is 4.72. The third-order valence-electron chi connectivity index (χ3n) is 1.43. The summed E-state index contributed by atoms with van der Waals surface area (Å²) in [6.07, 6.45) is 6.21. The molecule has 5 heteroatoms. The number of rotatable bonds is 1. The van der Waals surface area contributed by atoms with E-state index < -0.39 is 15.7 Å². The summed E-state index contributed by atoms with van der Waals surface area (Å²) in [5, 5.41) is 0. The molecule has 0 aromatic carbocycles. The summed E-state index contributed by atoms with van der Waals surface area (Å²) in [6, 6.07) is 0. The van der Waals surface area contributed by atoms with Crippen LogP contribution in [0.25, 0.3) is 0 Å². The molecule has 0 aromatic heterocycles. The minimum Gasteiger partial charge on any atom is -0.235 e. The summed E-state index contributed by atoms with van der Waals surface area (Å²) in [7, 11) is -3.40. The van der Waals surface area contributed by atoms with E-state index in [1.54, 1.807) is 0 Å². The molecular weight excluding hydrogens is 193 g/mol. The van der Waals surface area contributed by atoms with E-state index in [4.69, 9.17) is 0 Å². The highest BCUT2D eigenvalue weighted by Crippen LogP contribution is 2.17.